The molecule has 1 aliphatic carbocycles. The van der Waals surface area contributed by atoms with Crippen LogP contribution >= 0.6 is 0 Å². The molecule has 0 radical (unpaired) electrons. The number of anilines is 1. The number of benzene rings is 1. The molecule has 1 aromatic rings. The van der Waals surface area contributed by atoms with E-state index >= 15 is 0 Å². The van der Waals surface area contributed by atoms with Crippen LogP contribution in [0.2, 0.25) is 0 Å². The highest BCUT2D eigenvalue weighted by Gasteiger charge is 2.37. The van der Waals surface area contributed by atoms with Crippen LogP contribution in [0.5, 0.6) is 0 Å². The van der Waals surface area contributed by atoms with Gasteiger partial charge in [0.25, 0.3) is 0 Å². The summed E-state index contributed by atoms with van der Waals surface area (Å²) in [5.74, 6) is -0.993. The molecule has 2 aliphatic rings. The van der Waals surface area contributed by atoms with Crippen LogP contribution in [0.25, 0.3) is 0 Å². The van der Waals surface area contributed by atoms with Crippen molar-refractivity contribution in [3.8, 4) is 0 Å². The number of piperazine rings is 1. The number of rotatable bonds is 1. The Bertz CT molecular complexity index is 421. The van der Waals surface area contributed by atoms with Gasteiger partial charge < -0.3 is 10.2 Å². The van der Waals surface area contributed by atoms with Crippen molar-refractivity contribution in [1.29, 1.82) is 0 Å². The van der Waals surface area contributed by atoms with E-state index in [1.54, 1.807) is 0 Å². The van der Waals surface area contributed by atoms with Gasteiger partial charge in [-0.1, -0.05) is 12.8 Å². The van der Waals surface area contributed by atoms with Gasteiger partial charge in [-0.25, -0.2) is 8.78 Å². The van der Waals surface area contributed by atoms with Gasteiger partial charge in [0, 0.05) is 36.9 Å². The number of hydrogen-bond donors (Lipinski definition) is 1. The predicted molar refractivity (Wildman–Crippen MR) is 67.8 cm³/mol. The average molecular weight is 252 g/mol. The minimum atomic E-state index is -0.496. The van der Waals surface area contributed by atoms with Crippen molar-refractivity contribution in [2.75, 3.05) is 24.5 Å². The molecule has 0 atom stereocenters. The summed E-state index contributed by atoms with van der Waals surface area (Å²) in [5.41, 5.74) is 0.835. The molecule has 1 spiro atoms. The topological polar surface area (TPSA) is 15.3 Å². The van der Waals surface area contributed by atoms with Gasteiger partial charge in [0.2, 0.25) is 0 Å². The van der Waals surface area contributed by atoms with Gasteiger partial charge in [-0.3, -0.25) is 0 Å². The summed E-state index contributed by atoms with van der Waals surface area (Å²) in [6.45, 7) is 2.55. The largest absolute Gasteiger partial charge is 0.368 e. The lowest BCUT2D eigenvalue weighted by atomic mass is 9.94. The molecule has 0 aromatic heterocycles. The van der Waals surface area contributed by atoms with Crippen molar-refractivity contribution in [3.05, 3.63) is 29.8 Å². The number of nitrogens with zero attached hydrogens (tertiary/aromatic N) is 1. The van der Waals surface area contributed by atoms with E-state index in [0.717, 1.165) is 25.7 Å². The number of nitrogens with one attached hydrogen (secondary N) is 1. The van der Waals surface area contributed by atoms with Gasteiger partial charge in [-0.2, -0.15) is 0 Å². The van der Waals surface area contributed by atoms with E-state index in [1.807, 2.05) is 0 Å². The van der Waals surface area contributed by atoms with E-state index in [-0.39, 0.29) is 5.54 Å². The van der Waals surface area contributed by atoms with E-state index in [9.17, 15) is 8.78 Å². The van der Waals surface area contributed by atoms with Gasteiger partial charge in [-0.15, -0.1) is 0 Å². The fourth-order valence-corrected chi connectivity index (χ4v) is 3.29. The fraction of sp³-hybridized carbons (Fsp3) is 0.571. The normalized spacial score (nSPS) is 22.7. The van der Waals surface area contributed by atoms with Crippen LogP contribution in [0.3, 0.4) is 0 Å². The van der Waals surface area contributed by atoms with Crippen LogP contribution in [0.4, 0.5) is 14.5 Å². The summed E-state index contributed by atoms with van der Waals surface area (Å²) in [6.07, 6.45) is 4.83. The zero-order chi connectivity index (χ0) is 12.6. The molecule has 4 heteroatoms. The summed E-state index contributed by atoms with van der Waals surface area (Å²) in [5, 5.41) is 3.59. The lowest BCUT2D eigenvalue weighted by Crippen LogP contribution is -2.59. The second kappa shape index (κ2) is 4.50. The first-order valence-corrected chi connectivity index (χ1v) is 6.63. The molecule has 1 saturated carbocycles. The molecule has 2 nitrogen and oxygen atoms in total. The summed E-state index contributed by atoms with van der Waals surface area (Å²) in [4.78, 5) is 2.11. The molecular formula is C14H18F2N2. The summed E-state index contributed by atoms with van der Waals surface area (Å²) in [7, 11) is 0. The third-order valence-electron chi connectivity index (χ3n) is 4.15. The quantitative estimate of drug-likeness (QED) is 0.826. The standard InChI is InChI=1S/C14H18F2N2/c15-11-7-12(16)9-13(8-11)18-6-5-17-14(10-18)3-1-2-4-14/h7-9,17H,1-6,10H2. The third-order valence-corrected chi connectivity index (χ3v) is 4.15. The lowest BCUT2D eigenvalue weighted by molar-refractivity contribution is 0.303. The maximum atomic E-state index is 13.3. The van der Waals surface area contributed by atoms with Crippen molar-refractivity contribution in [3.63, 3.8) is 0 Å². The van der Waals surface area contributed by atoms with Crippen molar-refractivity contribution < 1.29 is 8.78 Å². The van der Waals surface area contributed by atoms with Crippen LogP contribution in [-0.2, 0) is 0 Å². The van der Waals surface area contributed by atoms with Crippen LogP contribution < -0.4 is 10.2 Å². The highest BCUT2D eigenvalue weighted by Crippen LogP contribution is 2.33. The Kier molecular flexibility index (Phi) is 2.98. The Labute approximate surface area is 106 Å². The fourth-order valence-electron chi connectivity index (χ4n) is 3.29. The molecule has 1 saturated heterocycles. The first kappa shape index (κ1) is 11.9. The van der Waals surface area contributed by atoms with E-state index in [1.165, 1.54) is 37.8 Å². The highest BCUT2D eigenvalue weighted by molar-refractivity contribution is 5.48. The Morgan fingerprint density at radius 3 is 2.39 bits per heavy atom. The summed E-state index contributed by atoms with van der Waals surface area (Å²) >= 11 is 0. The number of halogens is 2. The van der Waals surface area contributed by atoms with Gasteiger partial charge in [0.1, 0.15) is 11.6 Å². The van der Waals surface area contributed by atoms with Gasteiger partial charge in [0.15, 0.2) is 0 Å². The SMILES string of the molecule is Fc1cc(F)cc(N2CCNC3(CCCC3)C2)c1. The molecule has 1 aliphatic heterocycles. The van der Waals surface area contributed by atoms with E-state index in [2.05, 4.69) is 10.2 Å². The molecule has 0 bridgehead atoms. The zero-order valence-electron chi connectivity index (χ0n) is 10.4. The predicted octanol–water partition coefficient (Wildman–Crippen LogP) is 2.69. The maximum Gasteiger partial charge on any atom is 0.128 e. The van der Waals surface area contributed by atoms with Gasteiger partial charge >= 0.3 is 0 Å². The maximum absolute atomic E-state index is 13.3. The molecule has 1 heterocycles. The Morgan fingerprint density at radius 1 is 1.06 bits per heavy atom. The first-order chi connectivity index (χ1) is 8.67. The van der Waals surface area contributed by atoms with Gasteiger partial charge in [0.05, 0.1) is 0 Å². The first-order valence-electron chi connectivity index (χ1n) is 6.63. The summed E-state index contributed by atoms with van der Waals surface area (Å²) < 4.78 is 26.5. The second-order valence-corrected chi connectivity index (χ2v) is 5.46. The van der Waals surface area contributed by atoms with Crippen LogP contribution in [0, 0.1) is 11.6 Å². The molecular weight excluding hydrogens is 234 g/mol. The minimum absolute atomic E-state index is 0.168. The smallest absolute Gasteiger partial charge is 0.128 e. The molecule has 2 fully saturated rings. The van der Waals surface area contributed by atoms with Crippen LogP contribution in [0.15, 0.2) is 18.2 Å². The Morgan fingerprint density at radius 2 is 1.72 bits per heavy atom. The minimum Gasteiger partial charge on any atom is -0.368 e. The lowest BCUT2D eigenvalue weighted by Gasteiger charge is -2.42. The Hall–Kier alpha value is -1.16. The molecule has 1 aromatic carbocycles. The highest BCUT2D eigenvalue weighted by atomic mass is 19.1. The molecule has 98 valence electrons. The van der Waals surface area contributed by atoms with Crippen molar-refractivity contribution >= 4 is 5.69 Å². The van der Waals surface area contributed by atoms with Crippen LogP contribution in [-0.4, -0.2) is 25.2 Å². The van der Waals surface area contributed by atoms with Crippen molar-refractivity contribution in [2.24, 2.45) is 0 Å². The van der Waals surface area contributed by atoms with Crippen molar-refractivity contribution in [1.82, 2.24) is 5.32 Å². The zero-order valence-corrected chi connectivity index (χ0v) is 10.4. The molecule has 0 unspecified atom stereocenters. The monoisotopic (exact) mass is 252 g/mol. The van der Waals surface area contributed by atoms with Crippen molar-refractivity contribution in [2.45, 2.75) is 31.2 Å². The third kappa shape index (κ3) is 2.21. The van der Waals surface area contributed by atoms with E-state index in [0.29, 0.717) is 5.69 Å². The molecule has 18 heavy (non-hydrogen) atoms. The average Bonchev–Trinajstić information content (AvgIpc) is 2.76. The summed E-state index contributed by atoms with van der Waals surface area (Å²) in [6, 6.07) is 3.78. The number of hydrogen-bond acceptors (Lipinski definition) is 2. The molecule has 3 rings (SSSR count). The molecule has 0 amide bonds. The van der Waals surface area contributed by atoms with E-state index < -0.39 is 11.6 Å². The molecule has 1 N–H and O–H groups in total. The second-order valence-electron chi connectivity index (χ2n) is 5.46. The van der Waals surface area contributed by atoms with E-state index in [4.69, 9.17) is 0 Å². The Balaban J connectivity index is 1.83. The van der Waals surface area contributed by atoms with Crippen LogP contribution in [0.1, 0.15) is 25.7 Å². The van der Waals surface area contributed by atoms with Gasteiger partial charge in [-0.05, 0) is 25.0 Å².